The van der Waals surface area contributed by atoms with Crippen LogP contribution in [0.4, 0.5) is 11.4 Å². The maximum absolute atomic E-state index is 13.6. The summed E-state index contributed by atoms with van der Waals surface area (Å²) in [4.78, 5) is 151. The second-order valence-electron chi connectivity index (χ2n) is 12.8. The van der Waals surface area contributed by atoms with Gasteiger partial charge in [0.15, 0.2) is 0 Å². The third-order valence-corrected chi connectivity index (χ3v) is 8.53. The van der Waals surface area contributed by atoms with Crippen molar-refractivity contribution in [3.63, 3.8) is 0 Å². The lowest BCUT2D eigenvalue weighted by atomic mass is 10.1. The van der Waals surface area contributed by atoms with E-state index in [1.165, 1.54) is 37.3 Å². The summed E-state index contributed by atoms with van der Waals surface area (Å²) in [6.07, 6.45) is -4.85. The van der Waals surface area contributed by atoms with Crippen molar-refractivity contribution >= 4 is 82.5 Å². The van der Waals surface area contributed by atoms with Crippen molar-refractivity contribution in [1.82, 2.24) is 26.2 Å². The van der Waals surface area contributed by atoms with Crippen molar-refractivity contribution in [3.05, 3.63) is 59.7 Å². The van der Waals surface area contributed by atoms with E-state index < -0.39 is 144 Å². The Morgan fingerprint density at radius 1 is 0.603 bits per heavy atom. The van der Waals surface area contributed by atoms with Gasteiger partial charge in [0, 0.05) is 54.3 Å². The Morgan fingerprint density at radius 2 is 1.05 bits per heavy atom. The van der Waals surface area contributed by atoms with Crippen LogP contribution in [0.5, 0.6) is 0 Å². The Bertz CT molecular complexity index is 2070. The molecule has 6 N–H and O–H groups in total. The predicted molar refractivity (Wildman–Crippen MR) is 213 cm³/mol. The van der Waals surface area contributed by atoms with Crippen LogP contribution < -0.4 is 52.3 Å². The Morgan fingerprint density at radius 3 is 1.49 bits per heavy atom. The molecule has 1 fully saturated rings. The number of nitrogens with one attached hydrogen (secondary N) is 6. The number of anilines is 2. The minimum absolute atomic E-state index is 0. The molecule has 2 aromatic rings. The quantitative estimate of drug-likeness (QED) is 0.0683. The second-order valence-corrected chi connectivity index (χ2v) is 12.8. The van der Waals surface area contributed by atoms with E-state index in [2.05, 4.69) is 21.3 Å². The van der Waals surface area contributed by atoms with Crippen molar-refractivity contribution in [2.75, 3.05) is 17.7 Å². The highest BCUT2D eigenvalue weighted by molar-refractivity contribution is 6.08. The molecule has 23 nitrogen and oxygen atoms in total. The second kappa shape index (κ2) is 25.8. The van der Waals surface area contributed by atoms with Crippen molar-refractivity contribution in [3.8, 4) is 0 Å². The number of benzene rings is 2. The van der Waals surface area contributed by atoms with Gasteiger partial charge in [0.1, 0.15) is 18.1 Å². The van der Waals surface area contributed by atoms with E-state index in [-0.39, 0.29) is 41.8 Å². The van der Waals surface area contributed by atoms with Crippen molar-refractivity contribution in [2.45, 2.75) is 92.9 Å². The summed E-state index contributed by atoms with van der Waals surface area (Å²) >= 11 is 0. The lowest BCUT2D eigenvalue weighted by Crippen LogP contribution is -2.57. The van der Waals surface area contributed by atoms with Crippen molar-refractivity contribution < 1.29 is 78.0 Å². The van der Waals surface area contributed by atoms with Crippen LogP contribution in [-0.4, -0.2) is 107 Å². The molecule has 1 aliphatic heterocycles. The smallest absolute Gasteiger partial charge is 0.247 e. The van der Waals surface area contributed by atoms with Crippen LogP contribution >= 0.6 is 0 Å². The van der Waals surface area contributed by atoms with Crippen molar-refractivity contribution in [2.24, 2.45) is 5.92 Å². The Kier molecular flexibility index (Phi) is 23.5. The summed E-state index contributed by atoms with van der Waals surface area (Å²) in [5, 5.41) is 59.3. The van der Waals surface area contributed by atoms with Crippen LogP contribution in [0.3, 0.4) is 0 Å². The fraction of sp³-hybridized carbons (Fsp3) is 0.400. The summed E-state index contributed by atoms with van der Waals surface area (Å²) in [7, 11) is 1.14. The zero-order valence-electron chi connectivity index (χ0n) is 31.0. The minimum Gasteiger partial charge on any atom is -0.550 e. The molecule has 2 aromatic carbocycles. The predicted octanol–water partition coefficient (Wildman–Crippen LogP) is -4.44. The number of likely N-dealkylation sites (tertiary alicyclic amines) is 1. The first kappa shape index (κ1) is 57.4. The average molecular weight is 886 g/mol. The van der Waals surface area contributed by atoms with Gasteiger partial charge in [0.25, 0.3) is 0 Å². The van der Waals surface area contributed by atoms with Gasteiger partial charge in [0.2, 0.25) is 47.3 Å². The van der Waals surface area contributed by atoms with E-state index in [1.54, 1.807) is 0 Å². The zero-order valence-corrected chi connectivity index (χ0v) is 31.0. The number of hydrogen-bond donors (Lipinski definition) is 6. The van der Waals surface area contributed by atoms with E-state index >= 15 is 0 Å². The van der Waals surface area contributed by atoms with Gasteiger partial charge in [-0.05, 0) is 12.1 Å². The lowest BCUT2D eigenvalue weighted by Gasteiger charge is -2.28. The molecule has 3 rings (SSSR count). The largest absolute Gasteiger partial charge is 0.550 e. The maximum Gasteiger partial charge on any atom is 0.247 e. The Hall–Kier alpha value is -7.72. The minimum atomic E-state index is -2.18. The van der Waals surface area contributed by atoms with E-state index in [0.29, 0.717) is 4.90 Å². The maximum atomic E-state index is 13.6. The SMILES string of the molecule is C.C.C.C.CNC(=O)C(CC(=O)Nc1ccccc1C(=O)[O-])NC(=O)CC(NC(=O)C(CC(=O)[O-])NC(=O)CC(C(=O)[O-])N1C(=O)CC(C)C1=O)C(=O)Nc1ccccc1C(=O)[O-]. The molecule has 0 saturated carbocycles. The number of aliphatic carboxylic acids is 2. The van der Waals surface area contributed by atoms with E-state index in [4.69, 9.17) is 0 Å². The Balaban J connectivity index is 0. The van der Waals surface area contributed by atoms with Gasteiger partial charge in [-0.15, -0.1) is 0 Å². The molecule has 0 radical (unpaired) electrons. The number of likely N-dealkylation sites (N-methyl/N-ethyl adjacent to an activating group) is 1. The van der Waals surface area contributed by atoms with Gasteiger partial charge in [-0.3, -0.25) is 43.3 Å². The number of aromatic carboxylic acids is 2. The topological polar surface area (TPSA) is 372 Å². The van der Waals surface area contributed by atoms with E-state index in [1.807, 2.05) is 10.6 Å². The summed E-state index contributed by atoms with van der Waals surface area (Å²) in [6.45, 7) is 1.33. The zero-order chi connectivity index (χ0) is 44.1. The van der Waals surface area contributed by atoms with Crippen LogP contribution in [0, 0.1) is 5.92 Å². The molecule has 5 unspecified atom stereocenters. The van der Waals surface area contributed by atoms with Crippen LogP contribution in [0.15, 0.2) is 48.5 Å². The molecule has 0 spiro atoms. The summed E-state index contributed by atoms with van der Waals surface area (Å²) in [5.74, 6) is -17.6. The van der Waals surface area contributed by atoms with Crippen LogP contribution in [0.25, 0.3) is 0 Å². The van der Waals surface area contributed by atoms with Gasteiger partial charge >= 0.3 is 0 Å². The molecule has 1 aliphatic rings. The standard InChI is InChI=1S/C36H39N7O16.4CH4/c1-16-11-28(47)43(33(16)53)24(36(58)59)15-27(46)40-23(14-29(48)49)32(52)42-22(31(51)41-20-10-6-4-8-18(20)35(56)57)13-26(45)39-21(30(50)37-2)12-25(44)38-19-9-5-3-7-17(19)34(54)55;;;;/h3-10,16,21-24H,11-15H2,1-2H3,(H,37,50)(H,38,44)(H,39,45)(H,40,46)(H,41,51)(H,42,52)(H,48,49)(H,54,55)(H,56,57)(H,58,59);4*1H4/p-4. The monoisotopic (exact) mass is 885 g/mol. The van der Waals surface area contributed by atoms with Gasteiger partial charge in [0.05, 0.1) is 43.2 Å². The third-order valence-electron chi connectivity index (χ3n) is 8.53. The molecule has 63 heavy (non-hydrogen) atoms. The highest BCUT2D eigenvalue weighted by Gasteiger charge is 2.42. The first-order valence-electron chi connectivity index (χ1n) is 17.3. The number of imide groups is 1. The molecule has 1 saturated heterocycles. The lowest BCUT2D eigenvalue weighted by molar-refractivity contribution is -0.311. The molecule has 0 bridgehead atoms. The van der Waals surface area contributed by atoms with Crippen LogP contribution in [0.2, 0.25) is 0 Å². The average Bonchev–Trinajstić information content (AvgIpc) is 3.41. The number of hydrogen-bond acceptors (Lipinski definition) is 16. The van der Waals surface area contributed by atoms with E-state index in [0.717, 1.165) is 25.2 Å². The number of nitrogens with zero attached hydrogens (tertiary/aromatic N) is 1. The molecular formula is C40H51N7O16-4. The normalized spacial score (nSPS) is 14.4. The van der Waals surface area contributed by atoms with Gasteiger partial charge < -0.3 is 71.5 Å². The highest BCUT2D eigenvalue weighted by Crippen LogP contribution is 2.23. The molecule has 0 aliphatic carbocycles. The van der Waals surface area contributed by atoms with Crippen molar-refractivity contribution in [1.29, 1.82) is 0 Å². The molecule has 5 atom stereocenters. The number of carboxylic acids is 4. The summed E-state index contributed by atoms with van der Waals surface area (Å²) in [6, 6.07) is 1.62. The molecule has 346 valence electrons. The number of para-hydroxylation sites is 2. The van der Waals surface area contributed by atoms with Gasteiger partial charge in [-0.2, -0.15) is 0 Å². The molecule has 1 heterocycles. The first-order chi connectivity index (χ1) is 27.7. The summed E-state index contributed by atoms with van der Waals surface area (Å²) in [5.41, 5.74) is -1.58. The third kappa shape index (κ3) is 16.0. The summed E-state index contributed by atoms with van der Waals surface area (Å²) < 4.78 is 0. The highest BCUT2D eigenvalue weighted by atomic mass is 16.4. The fourth-order valence-electron chi connectivity index (χ4n) is 5.67. The van der Waals surface area contributed by atoms with Gasteiger partial charge in [-0.25, -0.2) is 0 Å². The molecule has 8 amide bonds. The van der Waals surface area contributed by atoms with E-state index in [9.17, 15) is 78.0 Å². The number of carbonyl (C=O) groups excluding carboxylic acids is 12. The molecule has 23 heteroatoms. The number of amides is 8. The van der Waals surface area contributed by atoms with Crippen LogP contribution in [0.1, 0.15) is 89.5 Å². The first-order valence-corrected chi connectivity index (χ1v) is 17.3. The fourth-order valence-corrected chi connectivity index (χ4v) is 5.67. The Labute approximate surface area is 362 Å². The van der Waals surface area contributed by atoms with Crippen LogP contribution in [-0.2, 0) is 47.9 Å². The molecule has 0 aromatic heterocycles. The molecular weight excluding hydrogens is 834 g/mol. The number of carbonyl (C=O) groups is 12. The number of rotatable bonds is 20. The number of carboxylic acid groups (broad SMARTS) is 4. The van der Waals surface area contributed by atoms with Gasteiger partial charge in [-0.1, -0.05) is 73.0 Å².